The van der Waals surface area contributed by atoms with E-state index in [-0.39, 0.29) is 13.3 Å². The van der Waals surface area contributed by atoms with Crippen molar-refractivity contribution in [2.45, 2.75) is 59.7 Å². The Kier molecular flexibility index (Phi) is 6.66. The molecule has 122 valence electrons. The lowest BCUT2D eigenvalue weighted by Crippen LogP contribution is -2.43. The largest absolute Gasteiger partial charge is 0.459 e. The van der Waals surface area contributed by atoms with Gasteiger partial charge in [0.15, 0.2) is 6.73 Å². The lowest BCUT2D eigenvalue weighted by molar-refractivity contribution is -0.160. The summed E-state index contributed by atoms with van der Waals surface area (Å²) in [6.07, 6.45) is -0.755. The van der Waals surface area contributed by atoms with Crippen molar-refractivity contribution >= 4 is 18.0 Å². The first-order chi connectivity index (χ1) is 9.30. The van der Waals surface area contributed by atoms with Crippen LogP contribution in [0.3, 0.4) is 0 Å². The van der Waals surface area contributed by atoms with Gasteiger partial charge in [-0.05, 0) is 41.5 Å². The molecule has 0 saturated carbocycles. The molecule has 0 saturated heterocycles. The topological polar surface area (TPSA) is 82.1 Å². The second-order valence-electron chi connectivity index (χ2n) is 6.53. The minimum atomic E-state index is -0.755. The molecule has 0 spiro atoms. The summed E-state index contributed by atoms with van der Waals surface area (Å²) in [5.74, 6) is -1.17. The van der Waals surface area contributed by atoms with Gasteiger partial charge in [-0.2, -0.15) is 0 Å². The molecule has 1 amide bonds. The molecule has 0 unspecified atom stereocenters. The molecule has 0 bridgehead atoms. The van der Waals surface area contributed by atoms with Gasteiger partial charge in [-0.3, -0.25) is 14.5 Å². The van der Waals surface area contributed by atoms with Gasteiger partial charge >= 0.3 is 18.0 Å². The van der Waals surface area contributed by atoms with Crippen LogP contribution in [0.15, 0.2) is 0 Å². The van der Waals surface area contributed by atoms with Gasteiger partial charge in [0.2, 0.25) is 0 Å². The van der Waals surface area contributed by atoms with E-state index in [2.05, 4.69) is 0 Å². The van der Waals surface area contributed by atoms with Crippen LogP contribution in [0.4, 0.5) is 4.79 Å². The van der Waals surface area contributed by atoms with Crippen LogP contribution >= 0.6 is 0 Å². The third-order valence-electron chi connectivity index (χ3n) is 1.82. The summed E-state index contributed by atoms with van der Waals surface area (Å²) < 4.78 is 15.0. The molecule has 0 atom stereocenters. The Morgan fingerprint density at radius 2 is 1.38 bits per heavy atom. The van der Waals surface area contributed by atoms with Gasteiger partial charge in [0.25, 0.3) is 0 Å². The normalized spacial score (nSPS) is 11.6. The average molecular weight is 303 g/mol. The number of hydrogen-bond donors (Lipinski definition) is 0. The molecule has 0 rings (SSSR count). The van der Waals surface area contributed by atoms with Crippen molar-refractivity contribution in [3.8, 4) is 0 Å². The van der Waals surface area contributed by atoms with E-state index in [1.165, 1.54) is 6.92 Å². The first kappa shape index (κ1) is 19.2. The molecule has 0 heterocycles. The molecule has 0 fully saturated rings. The molecule has 0 aliphatic rings. The van der Waals surface area contributed by atoms with E-state index in [9.17, 15) is 14.4 Å². The molecule has 21 heavy (non-hydrogen) atoms. The van der Waals surface area contributed by atoms with Gasteiger partial charge in [0.05, 0.1) is 0 Å². The number of hydrogen-bond acceptors (Lipinski definition) is 6. The molecule has 0 aromatic heterocycles. The summed E-state index contributed by atoms with van der Waals surface area (Å²) in [4.78, 5) is 35.6. The van der Waals surface area contributed by atoms with E-state index >= 15 is 0 Å². The van der Waals surface area contributed by atoms with Crippen LogP contribution in [0.25, 0.3) is 0 Å². The molecular formula is C14H25NO6. The van der Waals surface area contributed by atoms with Crippen molar-refractivity contribution in [3.05, 3.63) is 0 Å². The predicted octanol–water partition coefficient (Wildman–Crippen LogP) is 2.09. The van der Waals surface area contributed by atoms with Gasteiger partial charge in [-0.25, -0.2) is 4.79 Å². The van der Waals surface area contributed by atoms with Crippen LogP contribution in [-0.4, -0.2) is 47.4 Å². The summed E-state index contributed by atoms with van der Waals surface area (Å²) >= 11 is 0. The Labute approximate surface area is 125 Å². The zero-order valence-corrected chi connectivity index (χ0v) is 13.8. The third kappa shape index (κ3) is 10.6. The van der Waals surface area contributed by atoms with Crippen molar-refractivity contribution < 1.29 is 28.6 Å². The molecule has 0 aliphatic heterocycles. The maximum atomic E-state index is 12.0. The Bertz CT molecular complexity index is 391. The Morgan fingerprint density at radius 1 is 0.905 bits per heavy atom. The Morgan fingerprint density at radius 3 is 1.76 bits per heavy atom. The molecule has 0 aromatic carbocycles. The molecular weight excluding hydrogens is 278 g/mol. The van der Waals surface area contributed by atoms with Gasteiger partial charge in [0.1, 0.15) is 17.7 Å². The van der Waals surface area contributed by atoms with E-state index in [0.29, 0.717) is 0 Å². The molecule has 0 aliphatic carbocycles. The summed E-state index contributed by atoms with van der Waals surface area (Å²) in [5, 5.41) is 0. The number of nitrogens with zero attached hydrogens (tertiary/aromatic N) is 1. The maximum Gasteiger partial charge on any atom is 0.413 e. The number of esters is 2. The monoisotopic (exact) mass is 303 g/mol. The molecule has 7 heteroatoms. The molecule has 7 nitrogen and oxygen atoms in total. The summed E-state index contributed by atoms with van der Waals surface area (Å²) in [6.45, 7) is 10.7. The highest BCUT2D eigenvalue weighted by atomic mass is 16.6. The number of rotatable bonds is 4. The van der Waals surface area contributed by atoms with Gasteiger partial charge in [0, 0.05) is 6.92 Å². The number of carbonyl (C=O) groups is 3. The lowest BCUT2D eigenvalue weighted by Gasteiger charge is -2.27. The van der Waals surface area contributed by atoms with E-state index in [0.717, 1.165) is 4.90 Å². The van der Waals surface area contributed by atoms with Crippen LogP contribution in [0.1, 0.15) is 48.5 Å². The number of amides is 1. The highest BCUT2D eigenvalue weighted by molar-refractivity contribution is 5.78. The van der Waals surface area contributed by atoms with Gasteiger partial charge < -0.3 is 14.2 Å². The fraction of sp³-hybridized carbons (Fsp3) is 0.786. The standard InChI is InChI=1S/C14H25NO6/c1-10(16)19-9-15(12(18)21-14(5,6)7)8-11(17)20-13(2,3)4/h8-9H2,1-7H3. The van der Waals surface area contributed by atoms with Crippen LogP contribution in [0.2, 0.25) is 0 Å². The quantitative estimate of drug-likeness (QED) is 0.449. The van der Waals surface area contributed by atoms with E-state index < -0.39 is 29.2 Å². The van der Waals surface area contributed by atoms with Crippen molar-refractivity contribution in [3.63, 3.8) is 0 Å². The summed E-state index contributed by atoms with van der Waals surface area (Å²) in [7, 11) is 0. The predicted molar refractivity (Wildman–Crippen MR) is 75.4 cm³/mol. The zero-order chi connectivity index (χ0) is 16.8. The van der Waals surface area contributed by atoms with Crippen molar-refractivity contribution in [2.24, 2.45) is 0 Å². The van der Waals surface area contributed by atoms with Crippen LogP contribution < -0.4 is 0 Å². The fourth-order valence-corrected chi connectivity index (χ4v) is 1.19. The fourth-order valence-electron chi connectivity index (χ4n) is 1.19. The van der Waals surface area contributed by atoms with E-state index in [1.807, 2.05) is 0 Å². The van der Waals surface area contributed by atoms with Crippen LogP contribution in [0, 0.1) is 0 Å². The minimum Gasteiger partial charge on any atom is -0.459 e. The number of carbonyl (C=O) groups excluding carboxylic acids is 3. The molecule has 0 N–H and O–H groups in total. The first-order valence-corrected chi connectivity index (χ1v) is 6.63. The van der Waals surface area contributed by atoms with Crippen molar-refractivity contribution in [1.82, 2.24) is 4.90 Å². The molecule has 0 radical (unpaired) electrons. The van der Waals surface area contributed by atoms with Crippen LogP contribution in [0.5, 0.6) is 0 Å². The lowest BCUT2D eigenvalue weighted by atomic mass is 10.2. The second-order valence-corrected chi connectivity index (χ2v) is 6.53. The van der Waals surface area contributed by atoms with Gasteiger partial charge in [-0.15, -0.1) is 0 Å². The van der Waals surface area contributed by atoms with E-state index in [4.69, 9.17) is 14.2 Å². The Balaban J connectivity index is 4.77. The summed E-state index contributed by atoms with van der Waals surface area (Å²) in [5.41, 5.74) is -1.39. The van der Waals surface area contributed by atoms with E-state index in [1.54, 1.807) is 41.5 Å². The highest BCUT2D eigenvalue weighted by Gasteiger charge is 2.27. The molecule has 0 aromatic rings. The minimum absolute atomic E-state index is 0.362. The zero-order valence-electron chi connectivity index (χ0n) is 13.8. The smallest absolute Gasteiger partial charge is 0.413 e. The van der Waals surface area contributed by atoms with Crippen LogP contribution in [-0.2, 0) is 23.8 Å². The Hall–Kier alpha value is -1.79. The third-order valence-corrected chi connectivity index (χ3v) is 1.82. The maximum absolute atomic E-state index is 12.0. The first-order valence-electron chi connectivity index (χ1n) is 6.63. The van der Waals surface area contributed by atoms with Gasteiger partial charge in [-0.1, -0.05) is 0 Å². The number of ether oxygens (including phenoxy) is 3. The highest BCUT2D eigenvalue weighted by Crippen LogP contribution is 2.12. The van der Waals surface area contributed by atoms with Crippen molar-refractivity contribution in [1.29, 1.82) is 0 Å². The SMILES string of the molecule is CC(=O)OCN(CC(=O)OC(C)(C)C)C(=O)OC(C)(C)C. The second kappa shape index (κ2) is 7.28. The summed E-state index contributed by atoms with van der Waals surface area (Å²) in [6, 6.07) is 0. The van der Waals surface area contributed by atoms with Crippen molar-refractivity contribution in [2.75, 3.05) is 13.3 Å². The average Bonchev–Trinajstić information content (AvgIpc) is 2.18.